The highest BCUT2D eigenvalue weighted by atomic mass is 79.9. The molecule has 7 nitrogen and oxygen atoms in total. The maximum absolute atomic E-state index is 12.1. The van der Waals surface area contributed by atoms with Crippen molar-refractivity contribution in [3.8, 4) is 28.4 Å². The van der Waals surface area contributed by atoms with Gasteiger partial charge >= 0.3 is 5.97 Å². The third-order valence-corrected chi connectivity index (χ3v) is 4.85. The largest absolute Gasteiger partial charge is 0.493 e. The first-order chi connectivity index (χ1) is 11.9. The summed E-state index contributed by atoms with van der Waals surface area (Å²) in [5.41, 5.74) is 1.27. The van der Waals surface area contributed by atoms with Gasteiger partial charge in [-0.25, -0.2) is 4.79 Å². The summed E-state index contributed by atoms with van der Waals surface area (Å²) in [7, 11) is 5.66. The number of rotatable bonds is 6. The lowest BCUT2D eigenvalue weighted by atomic mass is 10.1. The Hall–Kier alpha value is -2.00. The second-order valence-corrected chi connectivity index (χ2v) is 6.29. The predicted molar refractivity (Wildman–Crippen MR) is 97.6 cm³/mol. The molecular formula is C16H15Br2NO6. The zero-order chi connectivity index (χ0) is 18.7. The predicted octanol–water partition coefficient (Wildman–Crippen LogP) is 3.59. The fourth-order valence-corrected chi connectivity index (χ4v) is 3.90. The van der Waals surface area contributed by atoms with Crippen molar-refractivity contribution in [2.75, 3.05) is 28.4 Å². The smallest absolute Gasteiger partial charge is 0.381 e. The number of aromatic nitrogens is 1. The summed E-state index contributed by atoms with van der Waals surface area (Å²) in [5, 5.41) is 0. The highest BCUT2D eigenvalue weighted by molar-refractivity contribution is 9.11. The number of halogens is 2. The molecule has 0 atom stereocenters. The quantitative estimate of drug-likeness (QED) is 0.389. The summed E-state index contributed by atoms with van der Waals surface area (Å²) in [4.78, 5) is 26.5. The molecule has 1 aromatic heterocycles. The van der Waals surface area contributed by atoms with Crippen LogP contribution in [0.5, 0.6) is 17.2 Å². The van der Waals surface area contributed by atoms with Crippen LogP contribution in [0, 0.1) is 0 Å². The van der Waals surface area contributed by atoms with Gasteiger partial charge in [-0.2, -0.15) is 0 Å². The molecule has 0 bridgehead atoms. The molecule has 0 unspecified atom stereocenters. The maximum atomic E-state index is 12.1. The Morgan fingerprint density at radius 3 is 2.12 bits per heavy atom. The molecule has 0 spiro atoms. The first-order valence-corrected chi connectivity index (χ1v) is 8.48. The Labute approximate surface area is 160 Å². The SMILES string of the molecule is COC(=O)C(=O)c1[nH]c(Br)c(-c2ccc(OC)c(OC)c2OC)c1Br. The Bertz CT molecular complexity index is 831. The number of ether oxygens (including phenoxy) is 4. The number of Topliss-reactive ketones (excluding diaryl/α,β-unsaturated/α-hetero) is 1. The van der Waals surface area contributed by atoms with E-state index in [0.717, 1.165) is 7.11 Å². The van der Waals surface area contributed by atoms with Crippen molar-refractivity contribution in [2.45, 2.75) is 0 Å². The standard InChI is InChI=1S/C16H15Br2NO6/c1-22-8-6-5-7(13(23-2)14(8)24-3)9-10(17)11(19-15(9)18)12(20)16(21)25-4/h5-6,19H,1-4H3. The molecule has 134 valence electrons. The minimum atomic E-state index is -0.972. The lowest BCUT2D eigenvalue weighted by molar-refractivity contribution is -0.135. The zero-order valence-electron chi connectivity index (χ0n) is 13.9. The molecule has 0 aliphatic heterocycles. The molecule has 2 rings (SSSR count). The van der Waals surface area contributed by atoms with E-state index >= 15 is 0 Å². The number of benzene rings is 1. The lowest BCUT2D eigenvalue weighted by Gasteiger charge is -2.15. The fraction of sp³-hybridized carbons (Fsp3) is 0.250. The van der Waals surface area contributed by atoms with E-state index in [9.17, 15) is 9.59 Å². The third kappa shape index (κ3) is 3.38. The Morgan fingerprint density at radius 1 is 0.960 bits per heavy atom. The van der Waals surface area contributed by atoms with Gasteiger partial charge in [0.25, 0.3) is 5.78 Å². The van der Waals surface area contributed by atoms with Crippen LogP contribution >= 0.6 is 31.9 Å². The van der Waals surface area contributed by atoms with Crippen LogP contribution < -0.4 is 14.2 Å². The molecule has 9 heteroatoms. The summed E-state index contributed by atoms with van der Waals surface area (Å²) in [6, 6.07) is 3.47. The number of ketones is 1. The van der Waals surface area contributed by atoms with E-state index < -0.39 is 11.8 Å². The van der Waals surface area contributed by atoms with Gasteiger partial charge in [0, 0.05) is 11.1 Å². The summed E-state index contributed by atoms with van der Waals surface area (Å²) in [6.45, 7) is 0. The molecule has 0 aliphatic rings. The summed E-state index contributed by atoms with van der Waals surface area (Å²) in [5.74, 6) is -0.458. The number of methoxy groups -OCH3 is 4. The molecule has 0 aliphatic carbocycles. The van der Waals surface area contributed by atoms with Gasteiger partial charge in [0.2, 0.25) is 5.75 Å². The number of hydrogen-bond acceptors (Lipinski definition) is 6. The van der Waals surface area contributed by atoms with Gasteiger partial charge in [0.1, 0.15) is 5.69 Å². The number of hydrogen-bond donors (Lipinski definition) is 1. The van der Waals surface area contributed by atoms with Gasteiger partial charge in [-0.05, 0) is 44.0 Å². The van der Waals surface area contributed by atoms with Gasteiger partial charge in [-0.15, -0.1) is 0 Å². The topological polar surface area (TPSA) is 86.9 Å². The van der Waals surface area contributed by atoms with E-state index in [1.807, 2.05) is 0 Å². The lowest BCUT2D eigenvalue weighted by Crippen LogP contribution is -2.16. The molecule has 1 heterocycles. The molecule has 1 aromatic carbocycles. The number of carbonyl (C=O) groups is 2. The first kappa shape index (κ1) is 19.3. The molecule has 0 amide bonds. The summed E-state index contributed by atoms with van der Waals surface area (Å²) in [6.07, 6.45) is 0. The van der Waals surface area contributed by atoms with Crippen LogP contribution in [-0.2, 0) is 9.53 Å². The summed E-state index contributed by atoms with van der Waals surface area (Å²) >= 11 is 6.74. The molecule has 0 radical (unpaired) electrons. The first-order valence-electron chi connectivity index (χ1n) is 6.90. The van der Waals surface area contributed by atoms with Crippen molar-refractivity contribution >= 4 is 43.6 Å². The van der Waals surface area contributed by atoms with Gasteiger partial charge in [-0.3, -0.25) is 4.79 Å². The molecule has 2 aromatic rings. The van der Waals surface area contributed by atoms with E-state index in [-0.39, 0.29) is 5.69 Å². The second kappa shape index (κ2) is 7.92. The average Bonchev–Trinajstić information content (AvgIpc) is 2.92. The highest BCUT2D eigenvalue weighted by Gasteiger charge is 2.28. The Balaban J connectivity index is 2.70. The van der Waals surface area contributed by atoms with E-state index in [0.29, 0.717) is 37.5 Å². The van der Waals surface area contributed by atoms with E-state index in [1.165, 1.54) is 21.3 Å². The van der Waals surface area contributed by atoms with Crippen molar-refractivity contribution in [2.24, 2.45) is 0 Å². The maximum Gasteiger partial charge on any atom is 0.381 e. The van der Waals surface area contributed by atoms with Crippen LogP contribution in [0.3, 0.4) is 0 Å². The van der Waals surface area contributed by atoms with Gasteiger partial charge in [0.15, 0.2) is 11.5 Å². The van der Waals surface area contributed by atoms with Crippen molar-refractivity contribution < 1.29 is 28.5 Å². The molecule has 0 fully saturated rings. The van der Waals surface area contributed by atoms with Crippen molar-refractivity contribution in [3.05, 3.63) is 26.9 Å². The monoisotopic (exact) mass is 475 g/mol. The average molecular weight is 477 g/mol. The van der Waals surface area contributed by atoms with Crippen molar-refractivity contribution in [1.82, 2.24) is 4.98 Å². The number of nitrogens with one attached hydrogen (secondary N) is 1. The van der Waals surface area contributed by atoms with Crippen molar-refractivity contribution in [1.29, 1.82) is 0 Å². The van der Waals surface area contributed by atoms with Crippen LogP contribution in [0.15, 0.2) is 21.2 Å². The minimum absolute atomic E-state index is 0.0607. The van der Waals surface area contributed by atoms with Crippen LogP contribution in [-0.4, -0.2) is 45.2 Å². The molecule has 1 N–H and O–H groups in total. The Morgan fingerprint density at radius 2 is 1.60 bits per heavy atom. The number of H-pyrrole nitrogens is 1. The highest BCUT2D eigenvalue weighted by Crippen LogP contribution is 2.48. The number of carbonyl (C=O) groups excluding carboxylic acids is 2. The second-order valence-electron chi connectivity index (χ2n) is 4.71. The van der Waals surface area contributed by atoms with Crippen LogP contribution in [0.25, 0.3) is 11.1 Å². The van der Waals surface area contributed by atoms with E-state index in [2.05, 4.69) is 41.6 Å². The molecule has 25 heavy (non-hydrogen) atoms. The van der Waals surface area contributed by atoms with Gasteiger partial charge in [-0.1, -0.05) is 0 Å². The summed E-state index contributed by atoms with van der Waals surface area (Å²) < 4.78 is 21.5. The third-order valence-electron chi connectivity index (χ3n) is 3.46. The zero-order valence-corrected chi connectivity index (χ0v) is 17.0. The molecule has 0 saturated carbocycles. The number of esters is 1. The minimum Gasteiger partial charge on any atom is -0.493 e. The molecule has 0 saturated heterocycles. The van der Waals surface area contributed by atoms with Crippen LogP contribution in [0.2, 0.25) is 0 Å². The van der Waals surface area contributed by atoms with Gasteiger partial charge in [0.05, 0.1) is 37.5 Å². The normalized spacial score (nSPS) is 10.3. The molecular weight excluding hydrogens is 462 g/mol. The van der Waals surface area contributed by atoms with Gasteiger partial charge < -0.3 is 23.9 Å². The van der Waals surface area contributed by atoms with E-state index in [1.54, 1.807) is 12.1 Å². The van der Waals surface area contributed by atoms with Crippen molar-refractivity contribution in [3.63, 3.8) is 0 Å². The fourth-order valence-electron chi connectivity index (χ4n) is 2.33. The Kier molecular flexibility index (Phi) is 6.12. The van der Waals surface area contributed by atoms with E-state index in [4.69, 9.17) is 14.2 Å². The van der Waals surface area contributed by atoms with Crippen LogP contribution in [0.4, 0.5) is 0 Å². The number of aromatic amines is 1. The van der Waals surface area contributed by atoms with Crippen LogP contribution in [0.1, 0.15) is 10.5 Å².